The van der Waals surface area contributed by atoms with E-state index in [4.69, 9.17) is 11.6 Å². The van der Waals surface area contributed by atoms with Crippen LogP contribution in [0, 0.1) is 6.92 Å². The molecule has 1 atom stereocenters. The molecule has 0 radical (unpaired) electrons. The number of benzene rings is 1. The molecule has 1 aromatic carbocycles. The molecule has 1 fully saturated rings. The molecule has 3 nitrogen and oxygen atoms in total. The minimum absolute atomic E-state index is 0.000994. The normalized spacial score (nSPS) is 19.2. The molecule has 0 spiro atoms. The summed E-state index contributed by atoms with van der Waals surface area (Å²) in [6.45, 7) is 3.71. The van der Waals surface area contributed by atoms with Crippen molar-refractivity contribution < 1.29 is 4.79 Å². The maximum absolute atomic E-state index is 12.4. The molecule has 4 heteroatoms. The van der Waals surface area contributed by atoms with Crippen molar-refractivity contribution in [1.29, 1.82) is 0 Å². The molecule has 1 unspecified atom stereocenters. The summed E-state index contributed by atoms with van der Waals surface area (Å²) in [6, 6.07) is 6.00. The lowest BCUT2D eigenvalue weighted by molar-refractivity contribution is 0.0775. The number of nitrogens with zero attached hydrogens (tertiary/aromatic N) is 1. The lowest BCUT2D eigenvalue weighted by atomic mass is 10.0. The molecule has 19 heavy (non-hydrogen) atoms. The van der Waals surface area contributed by atoms with Gasteiger partial charge in [0.2, 0.25) is 0 Å². The number of halogens is 1. The average molecular weight is 281 g/mol. The van der Waals surface area contributed by atoms with Gasteiger partial charge in [0.15, 0.2) is 0 Å². The van der Waals surface area contributed by atoms with Crippen molar-refractivity contribution in [2.75, 3.05) is 20.1 Å². The van der Waals surface area contributed by atoms with Crippen molar-refractivity contribution in [3.05, 3.63) is 34.3 Å². The maximum atomic E-state index is 12.4. The first-order chi connectivity index (χ1) is 9.09. The van der Waals surface area contributed by atoms with Gasteiger partial charge in [0, 0.05) is 19.6 Å². The van der Waals surface area contributed by atoms with Crippen molar-refractivity contribution in [2.24, 2.45) is 0 Å². The van der Waals surface area contributed by atoms with Crippen LogP contribution in [0.1, 0.15) is 35.2 Å². The molecule has 1 aromatic rings. The van der Waals surface area contributed by atoms with E-state index in [1.165, 1.54) is 12.8 Å². The topological polar surface area (TPSA) is 32.3 Å². The second-order valence-corrected chi connectivity index (χ2v) is 5.65. The number of aryl methyl sites for hydroxylation is 1. The predicted molar refractivity (Wildman–Crippen MR) is 78.8 cm³/mol. The first-order valence-electron chi connectivity index (χ1n) is 6.83. The Kier molecular flexibility index (Phi) is 4.83. The first kappa shape index (κ1) is 14.4. The number of hydrogen-bond donors (Lipinski definition) is 1. The molecule has 0 saturated carbocycles. The summed E-state index contributed by atoms with van der Waals surface area (Å²) in [5.41, 5.74) is 1.54. The highest BCUT2D eigenvalue weighted by atomic mass is 35.5. The van der Waals surface area contributed by atoms with E-state index in [1.807, 2.05) is 26.1 Å². The minimum atomic E-state index is 0.000994. The molecule has 2 rings (SSSR count). The van der Waals surface area contributed by atoms with Crippen LogP contribution in [0.5, 0.6) is 0 Å². The van der Waals surface area contributed by atoms with Gasteiger partial charge < -0.3 is 10.2 Å². The summed E-state index contributed by atoms with van der Waals surface area (Å²) in [6.07, 6.45) is 3.61. The second kappa shape index (κ2) is 6.40. The predicted octanol–water partition coefficient (Wildman–Crippen LogP) is 2.86. The van der Waals surface area contributed by atoms with E-state index >= 15 is 0 Å². The van der Waals surface area contributed by atoms with Gasteiger partial charge in [0.05, 0.1) is 10.6 Å². The van der Waals surface area contributed by atoms with Crippen LogP contribution in [0.4, 0.5) is 0 Å². The SMILES string of the molecule is Cc1cccc(C(=O)N(C)CC2CCCCN2)c1Cl. The van der Waals surface area contributed by atoms with Crippen LogP contribution in [-0.2, 0) is 0 Å². The van der Waals surface area contributed by atoms with Gasteiger partial charge in [0.1, 0.15) is 0 Å². The lowest BCUT2D eigenvalue weighted by Crippen LogP contribution is -2.44. The largest absolute Gasteiger partial charge is 0.340 e. The number of carbonyl (C=O) groups excluding carboxylic acids is 1. The molecule has 0 aliphatic carbocycles. The van der Waals surface area contributed by atoms with E-state index < -0.39 is 0 Å². The number of rotatable bonds is 3. The molecule has 1 aliphatic rings. The van der Waals surface area contributed by atoms with Crippen LogP contribution in [-0.4, -0.2) is 37.0 Å². The van der Waals surface area contributed by atoms with Gasteiger partial charge in [0.25, 0.3) is 5.91 Å². The first-order valence-corrected chi connectivity index (χ1v) is 7.21. The average Bonchev–Trinajstić information content (AvgIpc) is 2.42. The molecule has 1 saturated heterocycles. The molecule has 1 heterocycles. The molecule has 0 aromatic heterocycles. The zero-order valence-electron chi connectivity index (χ0n) is 11.6. The summed E-state index contributed by atoms with van der Waals surface area (Å²) in [5.74, 6) is 0.000994. The van der Waals surface area contributed by atoms with E-state index in [0.717, 1.165) is 25.1 Å². The summed E-state index contributed by atoms with van der Waals surface area (Å²) in [5, 5.41) is 4.02. The third kappa shape index (κ3) is 3.48. The standard InChI is InChI=1S/C15H21ClN2O/c1-11-6-5-8-13(14(11)16)15(19)18(2)10-12-7-3-4-9-17-12/h5-6,8,12,17H,3-4,7,9-10H2,1-2H3. The third-order valence-corrected chi connectivity index (χ3v) is 4.18. The highest BCUT2D eigenvalue weighted by molar-refractivity contribution is 6.34. The van der Waals surface area contributed by atoms with Gasteiger partial charge in [-0.1, -0.05) is 30.2 Å². The zero-order chi connectivity index (χ0) is 13.8. The molecular formula is C15H21ClN2O. The fourth-order valence-corrected chi connectivity index (χ4v) is 2.72. The van der Waals surface area contributed by atoms with Crippen molar-refractivity contribution in [3.8, 4) is 0 Å². The highest BCUT2D eigenvalue weighted by Gasteiger charge is 2.20. The molecular weight excluding hydrogens is 260 g/mol. The number of carbonyl (C=O) groups is 1. The molecule has 0 bridgehead atoms. The fourth-order valence-electron chi connectivity index (χ4n) is 2.51. The van der Waals surface area contributed by atoms with E-state index in [1.54, 1.807) is 11.0 Å². The van der Waals surface area contributed by atoms with Crippen LogP contribution in [0.25, 0.3) is 0 Å². The number of nitrogens with one attached hydrogen (secondary N) is 1. The van der Waals surface area contributed by atoms with Gasteiger partial charge in [-0.05, 0) is 37.9 Å². The Labute approximate surface area is 119 Å². The van der Waals surface area contributed by atoms with Crippen LogP contribution in [0.2, 0.25) is 5.02 Å². The number of piperidine rings is 1. The molecule has 1 aliphatic heterocycles. The number of amides is 1. The summed E-state index contributed by atoms with van der Waals surface area (Å²) >= 11 is 6.21. The van der Waals surface area contributed by atoms with Crippen LogP contribution >= 0.6 is 11.6 Å². The van der Waals surface area contributed by atoms with E-state index in [9.17, 15) is 4.79 Å². The summed E-state index contributed by atoms with van der Waals surface area (Å²) in [4.78, 5) is 14.2. The Hall–Kier alpha value is -1.06. The third-order valence-electron chi connectivity index (χ3n) is 3.68. The fraction of sp³-hybridized carbons (Fsp3) is 0.533. The monoisotopic (exact) mass is 280 g/mol. The summed E-state index contributed by atoms with van der Waals surface area (Å²) < 4.78 is 0. The Morgan fingerprint density at radius 3 is 2.95 bits per heavy atom. The van der Waals surface area contributed by atoms with Crippen LogP contribution < -0.4 is 5.32 Å². The number of hydrogen-bond acceptors (Lipinski definition) is 2. The second-order valence-electron chi connectivity index (χ2n) is 5.27. The van der Waals surface area contributed by atoms with E-state index in [2.05, 4.69) is 5.32 Å². The van der Waals surface area contributed by atoms with Gasteiger partial charge >= 0.3 is 0 Å². The summed E-state index contributed by atoms with van der Waals surface area (Å²) in [7, 11) is 1.84. The van der Waals surface area contributed by atoms with E-state index in [0.29, 0.717) is 16.6 Å². The Morgan fingerprint density at radius 1 is 1.47 bits per heavy atom. The quantitative estimate of drug-likeness (QED) is 0.923. The van der Waals surface area contributed by atoms with Crippen molar-refractivity contribution in [2.45, 2.75) is 32.2 Å². The van der Waals surface area contributed by atoms with Crippen molar-refractivity contribution in [1.82, 2.24) is 10.2 Å². The Bertz CT molecular complexity index is 455. The lowest BCUT2D eigenvalue weighted by Gasteiger charge is -2.28. The molecule has 104 valence electrons. The van der Waals surface area contributed by atoms with Gasteiger partial charge in [-0.3, -0.25) is 4.79 Å². The molecule has 1 amide bonds. The van der Waals surface area contributed by atoms with Crippen molar-refractivity contribution in [3.63, 3.8) is 0 Å². The van der Waals surface area contributed by atoms with Crippen LogP contribution in [0.15, 0.2) is 18.2 Å². The molecule has 1 N–H and O–H groups in total. The maximum Gasteiger partial charge on any atom is 0.255 e. The van der Waals surface area contributed by atoms with Gasteiger partial charge in [-0.2, -0.15) is 0 Å². The van der Waals surface area contributed by atoms with Crippen LogP contribution in [0.3, 0.4) is 0 Å². The zero-order valence-corrected chi connectivity index (χ0v) is 12.3. The minimum Gasteiger partial charge on any atom is -0.340 e. The smallest absolute Gasteiger partial charge is 0.255 e. The van der Waals surface area contributed by atoms with Gasteiger partial charge in [-0.15, -0.1) is 0 Å². The van der Waals surface area contributed by atoms with Crippen molar-refractivity contribution >= 4 is 17.5 Å². The Morgan fingerprint density at radius 2 is 2.26 bits per heavy atom. The highest BCUT2D eigenvalue weighted by Crippen LogP contribution is 2.21. The number of likely N-dealkylation sites (N-methyl/N-ethyl adjacent to an activating group) is 1. The van der Waals surface area contributed by atoms with Gasteiger partial charge in [-0.25, -0.2) is 0 Å². The van der Waals surface area contributed by atoms with E-state index in [-0.39, 0.29) is 5.91 Å². The Balaban J connectivity index is 2.03.